The van der Waals surface area contributed by atoms with Crippen molar-refractivity contribution in [3.05, 3.63) is 29.3 Å². The van der Waals surface area contributed by atoms with Crippen molar-refractivity contribution in [2.45, 2.75) is 33.1 Å². The highest BCUT2D eigenvalue weighted by molar-refractivity contribution is 5.96. The van der Waals surface area contributed by atoms with Crippen LogP contribution in [0.3, 0.4) is 0 Å². The molecule has 1 atom stereocenters. The molecule has 1 fully saturated rings. The van der Waals surface area contributed by atoms with Gasteiger partial charge in [-0.3, -0.25) is 9.59 Å². The van der Waals surface area contributed by atoms with Gasteiger partial charge in [0, 0.05) is 24.2 Å². The first-order chi connectivity index (χ1) is 10.6. The maximum Gasteiger partial charge on any atom is 0.251 e. The molecule has 6 heteroatoms. The predicted octanol–water partition coefficient (Wildman–Crippen LogP) is 2.49. The van der Waals surface area contributed by atoms with E-state index >= 15 is 0 Å². The van der Waals surface area contributed by atoms with Crippen molar-refractivity contribution in [2.75, 3.05) is 25.0 Å². The SMILES string of the molecule is CCNC(=O)c1ccc(NC(=O)CCC2CCNC2)c(C)c1.Cl. The lowest BCUT2D eigenvalue weighted by Crippen LogP contribution is -2.22. The molecule has 2 amide bonds. The Hall–Kier alpha value is -1.59. The van der Waals surface area contributed by atoms with Crippen LogP contribution in [0.2, 0.25) is 0 Å². The molecule has 1 aliphatic heterocycles. The predicted molar refractivity (Wildman–Crippen MR) is 95.3 cm³/mol. The summed E-state index contributed by atoms with van der Waals surface area (Å²) < 4.78 is 0. The molecule has 1 aromatic carbocycles. The molecule has 1 heterocycles. The third-order valence-electron chi connectivity index (χ3n) is 4.04. The number of nitrogens with one attached hydrogen (secondary N) is 3. The van der Waals surface area contributed by atoms with Gasteiger partial charge in [-0.1, -0.05) is 0 Å². The zero-order valence-electron chi connectivity index (χ0n) is 13.8. The Morgan fingerprint density at radius 1 is 1.35 bits per heavy atom. The minimum Gasteiger partial charge on any atom is -0.352 e. The summed E-state index contributed by atoms with van der Waals surface area (Å²) in [5, 5.41) is 9.02. The van der Waals surface area contributed by atoms with E-state index in [4.69, 9.17) is 0 Å². The molecule has 0 spiro atoms. The van der Waals surface area contributed by atoms with Crippen LogP contribution in [0.25, 0.3) is 0 Å². The summed E-state index contributed by atoms with van der Waals surface area (Å²) in [6, 6.07) is 5.35. The lowest BCUT2D eigenvalue weighted by Gasteiger charge is -2.11. The van der Waals surface area contributed by atoms with Gasteiger partial charge in [0.15, 0.2) is 0 Å². The fourth-order valence-corrected chi connectivity index (χ4v) is 2.72. The van der Waals surface area contributed by atoms with Crippen molar-refractivity contribution in [1.29, 1.82) is 0 Å². The van der Waals surface area contributed by atoms with E-state index in [1.54, 1.807) is 12.1 Å². The van der Waals surface area contributed by atoms with Crippen molar-refractivity contribution in [3.8, 4) is 0 Å². The standard InChI is InChI=1S/C17H25N3O2.ClH/c1-3-19-17(22)14-5-6-15(12(2)10-14)20-16(21)7-4-13-8-9-18-11-13;/h5-6,10,13,18H,3-4,7-9,11H2,1-2H3,(H,19,22)(H,20,21);1H. The maximum atomic E-state index is 12.0. The molecule has 0 bridgehead atoms. The Balaban J connectivity index is 0.00000264. The molecule has 1 aromatic rings. The number of hydrogen-bond donors (Lipinski definition) is 3. The summed E-state index contributed by atoms with van der Waals surface area (Å²) in [5.74, 6) is 0.574. The second-order valence-electron chi connectivity index (χ2n) is 5.83. The van der Waals surface area contributed by atoms with E-state index in [-0.39, 0.29) is 24.2 Å². The molecule has 0 saturated carbocycles. The van der Waals surface area contributed by atoms with E-state index in [2.05, 4.69) is 16.0 Å². The summed E-state index contributed by atoms with van der Waals surface area (Å²) in [7, 11) is 0. The molecule has 1 unspecified atom stereocenters. The number of aryl methyl sites for hydroxylation is 1. The number of carbonyl (C=O) groups is 2. The fourth-order valence-electron chi connectivity index (χ4n) is 2.72. The summed E-state index contributed by atoms with van der Waals surface area (Å²) in [4.78, 5) is 23.8. The maximum absolute atomic E-state index is 12.0. The van der Waals surface area contributed by atoms with E-state index in [0.29, 0.717) is 24.4 Å². The summed E-state index contributed by atoms with van der Waals surface area (Å²) in [6.07, 6.45) is 2.63. The molecule has 0 aromatic heterocycles. The van der Waals surface area contributed by atoms with Crippen LogP contribution in [-0.4, -0.2) is 31.4 Å². The van der Waals surface area contributed by atoms with E-state index in [0.717, 1.165) is 37.2 Å². The monoisotopic (exact) mass is 339 g/mol. The third-order valence-corrected chi connectivity index (χ3v) is 4.04. The molecule has 0 aliphatic carbocycles. The molecule has 1 saturated heterocycles. The van der Waals surface area contributed by atoms with Gasteiger partial charge in [-0.2, -0.15) is 0 Å². The zero-order valence-corrected chi connectivity index (χ0v) is 14.6. The summed E-state index contributed by atoms with van der Waals surface area (Å²) >= 11 is 0. The van der Waals surface area contributed by atoms with E-state index in [9.17, 15) is 9.59 Å². The Labute approximate surface area is 144 Å². The van der Waals surface area contributed by atoms with Crippen LogP contribution in [0.5, 0.6) is 0 Å². The molecule has 5 nitrogen and oxygen atoms in total. The second-order valence-corrected chi connectivity index (χ2v) is 5.83. The fraction of sp³-hybridized carbons (Fsp3) is 0.529. The average Bonchev–Trinajstić information content (AvgIpc) is 3.01. The molecule has 3 N–H and O–H groups in total. The van der Waals surface area contributed by atoms with Crippen molar-refractivity contribution < 1.29 is 9.59 Å². The van der Waals surface area contributed by atoms with Gasteiger partial charge in [0.2, 0.25) is 5.91 Å². The van der Waals surface area contributed by atoms with Crippen molar-refractivity contribution in [1.82, 2.24) is 10.6 Å². The Morgan fingerprint density at radius 2 is 2.13 bits per heavy atom. The minimum atomic E-state index is -0.0859. The quantitative estimate of drug-likeness (QED) is 0.745. The van der Waals surface area contributed by atoms with Gasteiger partial charge < -0.3 is 16.0 Å². The average molecular weight is 340 g/mol. The number of amides is 2. The molecule has 0 radical (unpaired) electrons. The van der Waals surface area contributed by atoms with Gasteiger partial charge in [0.25, 0.3) is 5.91 Å². The van der Waals surface area contributed by atoms with Gasteiger partial charge in [-0.25, -0.2) is 0 Å². The van der Waals surface area contributed by atoms with Crippen LogP contribution in [0.15, 0.2) is 18.2 Å². The van der Waals surface area contributed by atoms with Crippen LogP contribution >= 0.6 is 12.4 Å². The highest BCUT2D eigenvalue weighted by Crippen LogP contribution is 2.19. The third kappa shape index (κ3) is 5.84. The lowest BCUT2D eigenvalue weighted by molar-refractivity contribution is -0.116. The van der Waals surface area contributed by atoms with Crippen LogP contribution in [0.1, 0.15) is 42.1 Å². The normalized spacial score (nSPS) is 16.5. The summed E-state index contributed by atoms with van der Waals surface area (Å²) in [5.41, 5.74) is 2.30. The smallest absolute Gasteiger partial charge is 0.251 e. The molecule has 2 rings (SSSR count). The first kappa shape index (κ1) is 19.5. The number of rotatable bonds is 6. The molecule has 23 heavy (non-hydrogen) atoms. The largest absolute Gasteiger partial charge is 0.352 e. The Kier molecular flexibility index (Phi) is 8.06. The van der Waals surface area contributed by atoms with Crippen LogP contribution in [0, 0.1) is 12.8 Å². The van der Waals surface area contributed by atoms with Crippen LogP contribution in [0.4, 0.5) is 5.69 Å². The van der Waals surface area contributed by atoms with Gasteiger partial charge in [0.1, 0.15) is 0 Å². The van der Waals surface area contributed by atoms with Gasteiger partial charge in [0.05, 0.1) is 0 Å². The van der Waals surface area contributed by atoms with Gasteiger partial charge >= 0.3 is 0 Å². The highest BCUT2D eigenvalue weighted by Gasteiger charge is 2.16. The van der Waals surface area contributed by atoms with E-state index in [1.165, 1.54) is 0 Å². The molecule has 1 aliphatic rings. The van der Waals surface area contributed by atoms with Crippen molar-refractivity contribution >= 4 is 29.9 Å². The lowest BCUT2D eigenvalue weighted by atomic mass is 10.0. The van der Waals surface area contributed by atoms with Gasteiger partial charge in [-0.05, 0) is 69.5 Å². The number of hydrogen-bond acceptors (Lipinski definition) is 3. The van der Waals surface area contributed by atoms with Crippen molar-refractivity contribution in [3.63, 3.8) is 0 Å². The zero-order chi connectivity index (χ0) is 15.9. The Morgan fingerprint density at radius 3 is 2.74 bits per heavy atom. The highest BCUT2D eigenvalue weighted by atomic mass is 35.5. The molecular weight excluding hydrogens is 314 g/mol. The van der Waals surface area contributed by atoms with E-state index in [1.807, 2.05) is 19.9 Å². The minimum absolute atomic E-state index is 0. The second kappa shape index (κ2) is 9.53. The number of anilines is 1. The molecule has 128 valence electrons. The topological polar surface area (TPSA) is 70.2 Å². The van der Waals surface area contributed by atoms with Crippen LogP contribution < -0.4 is 16.0 Å². The Bertz CT molecular complexity index is 543. The number of benzene rings is 1. The van der Waals surface area contributed by atoms with Gasteiger partial charge in [-0.15, -0.1) is 12.4 Å². The molecular formula is C17H26ClN3O2. The summed E-state index contributed by atoms with van der Waals surface area (Å²) in [6.45, 7) is 6.48. The van der Waals surface area contributed by atoms with Crippen LogP contribution in [-0.2, 0) is 4.79 Å². The first-order valence-electron chi connectivity index (χ1n) is 7.99. The number of carbonyl (C=O) groups excluding carboxylic acids is 2. The first-order valence-corrected chi connectivity index (χ1v) is 7.99. The van der Waals surface area contributed by atoms with Crippen molar-refractivity contribution in [2.24, 2.45) is 5.92 Å². The van der Waals surface area contributed by atoms with E-state index < -0.39 is 0 Å². The number of halogens is 1.